The summed E-state index contributed by atoms with van der Waals surface area (Å²) in [7, 11) is -3.53. The number of rotatable bonds is 6. The highest BCUT2D eigenvalue weighted by atomic mass is 32.2. The molecule has 9 heteroatoms. The topological polar surface area (TPSA) is 79.0 Å². The van der Waals surface area contributed by atoms with Crippen LogP contribution in [0, 0.1) is 5.92 Å². The number of benzene rings is 1. The number of nitrogens with one attached hydrogen (secondary N) is 1. The van der Waals surface area contributed by atoms with Gasteiger partial charge in [0, 0.05) is 36.2 Å². The zero-order valence-electron chi connectivity index (χ0n) is 17.3. The Bertz CT molecular complexity index is 1040. The van der Waals surface area contributed by atoms with Gasteiger partial charge in [-0.2, -0.15) is 4.31 Å². The zero-order valence-corrected chi connectivity index (χ0v) is 19.0. The second-order valence-corrected chi connectivity index (χ2v) is 11.3. The summed E-state index contributed by atoms with van der Waals surface area (Å²) in [5.41, 5.74) is 2.02. The van der Waals surface area contributed by atoms with E-state index in [1.165, 1.54) is 27.6 Å². The summed E-state index contributed by atoms with van der Waals surface area (Å²) in [6, 6.07) is 9.02. The molecule has 1 saturated carbocycles. The molecule has 3 aliphatic rings. The van der Waals surface area contributed by atoms with Gasteiger partial charge in [0.1, 0.15) is 0 Å². The van der Waals surface area contributed by atoms with Crippen LogP contribution in [0.25, 0.3) is 0 Å². The van der Waals surface area contributed by atoms with Gasteiger partial charge in [0.15, 0.2) is 0 Å². The first-order valence-corrected chi connectivity index (χ1v) is 13.1. The van der Waals surface area contributed by atoms with Gasteiger partial charge in [-0.25, -0.2) is 8.42 Å². The van der Waals surface area contributed by atoms with Crippen LogP contribution < -0.4 is 5.32 Å². The summed E-state index contributed by atoms with van der Waals surface area (Å²) in [5.74, 6) is 0.597. The maximum atomic E-state index is 12.8. The Morgan fingerprint density at radius 3 is 2.55 bits per heavy atom. The second-order valence-electron chi connectivity index (χ2n) is 8.39. The molecule has 2 aliphatic heterocycles. The van der Waals surface area contributed by atoms with E-state index in [0.29, 0.717) is 50.5 Å². The van der Waals surface area contributed by atoms with Crippen LogP contribution >= 0.6 is 11.3 Å². The molecule has 1 aromatic carbocycles. The monoisotopic (exact) mass is 461 g/mol. The normalized spacial score (nSPS) is 22.8. The van der Waals surface area contributed by atoms with E-state index in [9.17, 15) is 13.2 Å². The minimum absolute atomic E-state index is 0.0619. The average molecular weight is 462 g/mol. The molecule has 2 fully saturated rings. The smallest absolute Gasteiger partial charge is 0.243 e. The van der Waals surface area contributed by atoms with E-state index in [1.54, 1.807) is 24.3 Å². The van der Waals surface area contributed by atoms with Crippen LogP contribution in [0.15, 0.2) is 40.6 Å². The molecule has 7 nitrogen and oxygen atoms in total. The standard InChI is InChI=1S/C22H27N3O4S2/c26-21(15-24-9-7-20-19(8-14-30-20)22(24)16-1-2-16)23-17-3-5-18(6-4-17)31(27,28)25-10-12-29-13-11-25/h3-6,8,14,16,22H,1-2,7,9-13,15H2,(H,23,26)/t22-/m0/s1. The second kappa shape index (κ2) is 8.63. The molecule has 5 rings (SSSR count). The Morgan fingerprint density at radius 2 is 1.84 bits per heavy atom. The van der Waals surface area contributed by atoms with Gasteiger partial charge in [-0.05, 0) is 66.5 Å². The zero-order chi connectivity index (χ0) is 21.4. The SMILES string of the molecule is O=C(CN1CCc2sccc2[C@@H]1C1CC1)Nc1ccc(S(=O)(=O)N2CCOCC2)cc1. The third kappa shape index (κ3) is 4.42. The number of carbonyl (C=O) groups excluding carboxylic acids is 1. The van der Waals surface area contributed by atoms with Gasteiger partial charge < -0.3 is 10.1 Å². The molecule has 1 aliphatic carbocycles. The van der Waals surface area contributed by atoms with Gasteiger partial charge in [0.05, 0.1) is 24.7 Å². The van der Waals surface area contributed by atoms with Crippen LogP contribution in [-0.2, 0) is 26.0 Å². The maximum absolute atomic E-state index is 12.8. The molecule has 2 aromatic rings. The fourth-order valence-electron chi connectivity index (χ4n) is 4.57. The minimum Gasteiger partial charge on any atom is -0.379 e. The first kappa shape index (κ1) is 21.1. The van der Waals surface area contributed by atoms with Crippen molar-refractivity contribution in [2.45, 2.75) is 30.2 Å². The molecule has 31 heavy (non-hydrogen) atoms. The number of sulfonamides is 1. The van der Waals surface area contributed by atoms with Crippen LogP contribution in [0.5, 0.6) is 0 Å². The van der Waals surface area contributed by atoms with Gasteiger partial charge >= 0.3 is 0 Å². The molecule has 1 aromatic heterocycles. The Labute approximate surface area is 187 Å². The van der Waals surface area contributed by atoms with Crippen molar-refractivity contribution >= 4 is 33.0 Å². The van der Waals surface area contributed by atoms with Crippen molar-refractivity contribution in [1.29, 1.82) is 0 Å². The molecule has 3 heterocycles. The Morgan fingerprint density at radius 1 is 1.10 bits per heavy atom. The molecule has 0 spiro atoms. The lowest BCUT2D eigenvalue weighted by molar-refractivity contribution is -0.118. The first-order chi connectivity index (χ1) is 15.0. The number of ether oxygens (including phenoxy) is 1. The molecule has 0 radical (unpaired) electrons. The summed E-state index contributed by atoms with van der Waals surface area (Å²) in [5, 5.41) is 5.10. The lowest BCUT2D eigenvalue weighted by atomic mass is 9.96. The van der Waals surface area contributed by atoms with Gasteiger partial charge in [-0.15, -0.1) is 11.3 Å². The van der Waals surface area contributed by atoms with Crippen molar-refractivity contribution in [2.75, 3.05) is 44.7 Å². The van der Waals surface area contributed by atoms with Crippen molar-refractivity contribution < 1.29 is 17.9 Å². The molecule has 1 amide bonds. The van der Waals surface area contributed by atoms with Crippen molar-refractivity contribution in [1.82, 2.24) is 9.21 Å². The van der Waals surface area contributed by atoms with E-state index >= 15 is 0 Å². The van der Waals surface area contributed by atoms with E-state index in [4.69, 9.17) is 4.74 Å². The number of fused-ring (bicyclic) bond motifs is 1. The number of hydrogen-bond acceptors (Lipinski definition) is 6. The highest BCUT2D eigenvalue weighted by Crippen LogP contribution is 2.48. The molecule has 166 valence electrons. The van der Waals surface area contributed by atoms with Crippen molar-refractivity contribution in [3.05, 3.63) is 46.2 Å². The highest BCUT2D eigenvalue weighted by molar-refractivity contribution is 7.89. The first-order valence-electron chi connectivity index (χ1n) is 10.8. The fraction of sp³-hybridized carbons (Fsp3) is 0.500. The van der Waals surface area contributed by atoms with Gasteiger partial charge in [0.25, 0.3) is 0 Å². The average Bonchev–Trinajstić information content (AvgIpc) is 3.50. The third-order valence-electron chi connectivity index (χ3n) is 6.28. The van der Waals surface area contributed by atoms with Crippen molar-refractivity contribution in [2.24, 2.45) is 5.92 Å². The lowest BCUT2D eigenvalue weighted by Crippen LogP contribution is -2.41. The molecule has 0 bridgehead atoms. The quantitative estimate of drug-likeness (QED) is 0.716. The maximum Gasteiger partial charge on any atom is 0.243 e. The molecule has 1 N–H and O–H groups in total. The Kier molecular flexibility index (Phi) is 5.87. The summed E-state index contributed by atoms with van der Waals surface area (Å²) in [6.07, 6.45) is 3.46. The van der Waals surface area contributed by atoms with Gasteiger partial charge in [-0.1, -0.05) is 0 Å². The van der Waals surface area contributed by atoms with Crippen molar-refractivity contribution in [3.8, 4) is 0 Å². The van der Waals surface area contributed by atoms with Crippen molar-refractivity contribution in [3.63, 3.8) is 0 Å². The Balaban J connectivity index is 1.23. The van der Waals surface area contributed by atoms with Crippen LogP contribution in [0.2, 0.25) is 0 Å². The minimum atomic E-state index is -3.53. The van der Waals surface area contributed by atoms with E-state index in [0.717, 1.165) is 13.0 Å². The van der Waals surface area contributed by atoms with E-state index in [-0.39, 0.29) is 10.8 Å². The van der Waals surface area contributed by atoms with E-state index < -0.39 is 10.0 Å². The summed E-state index contributed by atoms with van der Waals surface area (Å²) >= 11 is 1.82. The number of nitrogens with zero attached hydrogens (tertiary/aromatic N) is 2. The molecule has 1 saturated heterocycles. The number of anilines is 1. The van der Waals surface area contributed by atoms with Gasteiger partial charge in [0.2, 0.25) is 15.9 Å². The third-order valence-corrected chi connectivity index (χ3v) is 9.19. The largest absolute Gasteiger partial charge is 0.379 e. The number of carbonyl (C=O) groups is 1. The van der Waals surface area contributed by atoms with E-state index in [1.807, 2.05) is 11.3 Å². The fourth-order valence-corrected chi connectivity index (χ4v) is 6.89. The van der Waals surface area contributed by atoms with Crippen LogP contribution in [0.1, 0.15) is 29.3 Å². The summed E-state index contributed by atoms with van der Waals surface area (Å²) in [4.78, 5) is 16.8. The number of amides is 1. The van der Waals surface area contributed by atoms with Crippen LogP contribution in [0.3, 0.4) is 0 Å². The number of morpholine rings is 1. The van der Waals surface area contributed by atoms with Crippen LogP contribution in [-0.4, -0.2) is 62.9 Å². The highest BCUT2D eigenvalue weighted by Gasteiger charge is 2.40. The lowest BCUT2D eigenvalue weighted by Gasteiger charge is -2.35. The molecular formula is C22H27N3O4S2. The molecule has 0 unspecified atom stereocenters. The molecular weight excluding hydrogens is 434 g/mol. The Hall–Kier alpha value is -1.78. The number of hydrogen-bond donors (Lipinski definition) is 1. The van der Waals surface area contributed by atoms with E-state index in [2.05, 4.69) is 21.7 Å². The van der Waals surface area contributed by atoms with Crippen LogP contribution in [0.4, 0.5) is 5.69 Å². The number of thiophene rings is 1. The predicted molar refractivity (Wildman–Crippen MR) is 120 cm³/mol. The predicted octanol–water partition coefficient (Wildman–Crippen LogP) is 2.72. The van der Waals surface area contributed by atoms with Gasteiger partial charge in [-0.3, -0.25) is 9.69 Å². The summed E-state index contributed by atoms with van der Waals surface area (Å²) in [6.45, 7) is 2.82. The molecule has 1 atom stereocenters. The summed E-state index contributed by atoms with van der Waals surface area (Å²) < 4.78 is 32.2.